The molecule has 0 saturated carbocycles. The molecule has 1 saturated heterocycles. The van der Waals surface area contributed by atoms with Crippen LogP contribution in [0.2, 0.25) is 0 Å². The summed E-state index contributed by atoms with van der Waals surface area (Å²) in [5.41, 5.74) is 1.50. The first-order chi connectivity index (χ1) is 14.4. The first-order valence-corrected chi connectivity index (χ1v) is 11.9. The van der Waals surface area contributed by atoms with Crippen molar-refractivity contribution in [3.63, 3.8) is 0 Å². The van der Waals surface area contributed by atoms with Gasteiger partial charge in [-0.1, -0.05) is 44.2 Å². The highest BCUT2D eigenvalue weighted by Gasteiger charge is 2.34. The average Bonchev–Trinajstić information content (AvgIpc) is 2.79. The predicted molar refractivity (Wildman–Crippen MR) is 117 cm³/mol. The lowest BCUT2D eigenvalue weighted by Crippen LogP contribution is -2.44. The topological polar surface area (TPSA) is 75.7 Å². The number of nitrogens with one attached hydrogen (secondary N) is 1. The molecule has 2 aromatic rings. The van der Waals surface area contributed by atoms with E-state index in [2.05, 4.69) is 17.4 Å². The maximum absolute atomic E-state index is 12.8. The summed E-state index contributed by atoms with van der Waals surface area (Å²) in [4.78, 5) is 13.0. The minimum atomic E-state index is -3.53. The van der Waals surface area contributed by atoms with E-state index in [1.165, 1.54) is 22.0 Å². The molecule has 1 aliphatic rings. The Morgan fingerprint density at radius 3 is 2.17 bits per heavy atom. The minimum absolute atomic E-state index is 0.152. The second-order valence-corrected chi connectivity index (χ2v) is 9.49. The summed E-state index contributed by atoms with van der Waals surface area (Å²) in [5.74, 6) is -0.205. The molecular weight excluding hydrogens is 400 g/mol. The molecule has 0 spiro atoms. The highest BCUT2D eigenvalue weighted by atomic mass is 32.2. The van der Waals surface area contributed by atoms with Gasteiger partial charge >= 0.3 is 0 Å². The van der Waals surface area contributed by atoms with E-state index in [1.807, 2.05) is 32.0 Å². The van der Waals surface area contributed by atoms with Crippen molar-refractivity contribution in [3.8, 4) is 0 Å². The van der Waals surface area contributed by atoms with Gasteiger partial charge in [0.15, 0.2) is 0 Å². The maximum atomic E-state index is 12.8. The molecule has 162 valence electrons. The Labute approximate surface area is 179 Å². The van der Waals surface area contributed by atoms with Crippen molar-refractivity contribution in [1.29, 1.82) is 0 Å². The van der Waals surface area contributed by atoms with Crippen LogP contribution in [0, 0.1) is 0 Å². The smallest absolute Gasteiger partial charge is 0.251 e. The summed E-state index contributed by atoms with van der Waals surface area (Å²) in [6.07, 6.45) is 1.69. The van der Waals surface area contributed by atoms with Gasteiger partial charge in [-0.05, 0) is 42.7 Å². The molecule has 0 aromatic heterocycles. The molecule has 7 heteroatoms. The van der Waals surface area contributed by atoms with Crippen LogP contribution >= 0.6 is 0 Å². The van der Waals surface area contributed by atoms with E-state index >= 15 is 0 Å². The summed E-state index contributed by atoms with van der Waals surface area (Å²) >= 11 is 0. The molecule has 2 aromatic carbocycles. The fourth-order valence-corrected chi connectivity index (χ4v) is 5.42. The van der Waals surface area contributed by atoms with Crippen molar-refractivity contribution in [2.45, 2.75) is 37.0 Å². The first kappa shape index (κ1) is 22.5. The Balaban J connectivity index is 1.73. The Bertz CT molecular complexity index is 933. The van der Waals surface area contributed by atoms with E-state index < -0.39 is 10.0 Å². The lowest BCUT2D eigenvalue weighted by Gasteiger charge is -2.38. The molecule has 1 fully saturated rings. The maximum Gasteiger partial charge on any atom is 0.251 e. The van der Waals surface area contributed by atoms with Gasteiger partial charge in [-0.25, -0.2) is 8.42 Å². The normalized spacial score (nSPS) is 16.4. The first-order valence-electron chi connectivity index (χ1n) is 10.4. The summed E-state index contributed by atoms with van der Waals surface area (Å²) in [7, 11) is -3.53. The number of hydrogen-bond donors (Lipinski definition) is 1. The largest absolute Gasteiger partial charge is 0.381 e. The number of nitrogens with zero attached hydrogens (tertiary/aromatic N) is 1. The average molecular weight is 431 g/mol. The zero-order valence-electron chi connectivity index (χ0n) is 17.6. The molecule has 1 aliphatic heterocycles. The van der Waals surface area contributed by atoms with E-state index in [9.17, 15) is 13.2 Å². The lowest BCUT2D eigenvalue weighted by atomic mass is 9.74. The molecule has 0 atom stereocenters. The number of rotatable bonds is 8. The van der Waals surface area contributed by atoms with Gasteiger partial charge in [0.1, 0.15) is 0 Å². The lowest BCUT2D eigenvalue weighted by molar-refractivity contribution is 0.0487. The van der Waals surface area contributed by atoms with Gasteiger partial charge in [-0.2, -0.15) is 4.31 Å². The van der Waals surface area contributed by atoms with E-state index in [0.29, 0.717) is 38.4 Å². The standard InChI is InChI=1S/C23H30N2O4S/c1-3-25(4-2)30(27,28)21-12-10-19(11-13-21)22(26)24-18-23(14-16-29-17-15-23)20-8-6-5-7-9-20/h5-13H,3-4,14-18H2,1-2H3,(H,24,26). The third-order valence-corrected chi connectivity index (χ3v) is 7.95. The van der Waals surface area contributed by atoms with E-state index in [1.54, 1.807) is 12.1 Å². The summed E-state index contributed by atoms with van der Waals surface area (Å²) in [5, 5.41) is 3.06. The van der Waals surface area contributed by atoms with Crippen molar-refractivity contribution < 1.29 is 17.9 Å². The molecule has 6 nitrogen and oxygen atoms in total. The summed E-state index contributed by atoms with van der Waals surface area (Å²) < 4.78 is 32.2. The van der Waals surface area contributed by atoms with Crippen molar-refractivity contribution in [1.82, 2.24) is 9.62 Å². The van der Waals surface area contributed by atoms with Gasteiger partial charge in [0.2, 0.25) is 10.0 Å². The van der Waals surface area contributed by atoms with Gasteiger partial charge in [0.05, 0.1) is 4.90 Å². The molecule has 3 rings (SSSR count). The summed E-state index contributed by atoms with van der Waals surface area (Å²) in [6.45, 7) is 6.28. The van der Waals surface area contributed by atoms with Crippen LogP contribution in [-0.4, -0.2) is 51.5 Å². The highest BCUT2D eigenvalue weighted by molar-refractivity contribution is 7.89. The third kappa shape index (κ3) is 4.74. The van der Waals surface area contributed by atoms with Crippen molar-refractivity contribution >= 4 is 15.9 Å². The number of amides is 1. The number of benzene rings is 2. The SMILES string of the molecule is CCN(CC)S(=O)(=O)c1ccc(C(=O)NCC2(c3ccccc3)CCOCC2)cc1. The Hall–Kier alpha value is -2.22. The van der Waals surface area contributed by atoms with Crippen LogP contribution in [0.25, 0.3) is 0 Å². The second kappa shape index (κ2) is 9.73. The second-order valence-electron chi connectivity index (χ2n) is 7.56. The Kier molecular flexibility index (Phi) is 7.28. The van der Waals surface area contributed by atoms with Crippen LogP contribution < -0.4 is 5.32 Å². The monoisotopic (exact) mass is 430 g/mol. The number of hydrogen-bond acceptors (Lipinski definition) is 4. The number of ether oxygens (including phenoxy) is 1. The fourth-order valence-electron chi connectivity index (χ4n) is 3.96. The van der Waals surface area contributed by atoms with Gasteiger partial charge in [-0.3, -0.25) is 4.79 Å². The van der Waals surface area contributed by atoms with Crippen LogP contribution in [0.5, 0.6) is 0 Å². The number of carbonyl (C=O) groups is 1. The van der Waals surface area contributed by atoms with Crippen LogP contribution in [-0.2, 0) is 20.2 Å². The number of carbonyl (C=O) groups excluding carboxylic acids is 1. The number of sulfonamides is 1. The van der Waals surface area contributed by atoms with Gasteiger partial charge in [-0.15, -0.1) is 0 Å². The van der Waals surface area contributed by atoms with Crippen LogP contribution in [0.3, 0.4) is 0 Å². The zero-order chi connectivity index (χ0) is 21.6. The van der Waals surface area contributed by atoms with Crippen LogP contribution in [0.4, 0.5) is 0 Å². The molecule has 1 amide bonds. The van der Waals surface area contributed by atoms with E-state index in [-0.39, 0.29) is 16.2 Å². The Morgan fingerprint density at radius 2 is 1.60 bits per heavy atom. The molecule has 0 bridgehead atoms. The molecule has 0 aliphatic carbocycles. The van der Waals surface area contributed by atoms with Crippen molar-refractivity contribution in [2.75, 3.05) is 32.8 Å². The van der Waals surface area contributed by atoms with Gasteiger partial charge in [0.25, 0.3) is 5.91 Å². The molecule has 0 unspecified atom stereocenters. The van der Waals surface area contributed by atoms with Crippen LogP contribution in [0.1, 0.15) is 42.6 Å². The highest BCUT2D eigenvalue weighted by Crippen LogP contribution is 2.34. The molecule has 0 radical (unpaired) electrons. The van der Waals surface area contributed by atoms with Gasteiger partial charge in [0, 0.05) is 43.8 Å². The molecule has 1 heterocycles. The summed E-state index contributed by atoms with van der Waals surface area (Å²) in [6, 6.07) is 16.4. The molecule has 1 N–H and O–H groups in total. The minimum Gasteiger partial charge on any atom is -0.381 e. The zero-order valence-corrected chi connectivity index (χ0v) is 18.5. The van der Waals surface area contributed by atoms with Crippen molar-refractivity contribution in [3.05, 3.63) is 65.7 Å². The molecule has 30 heavy (non-hydrogen) atoms. The predicted octanol–water partition coefficient (Wildman–Crippen LogP) is 3.20. The quantitative estimate of drug-likeness (QED) is 0.698. The van der Waals surface area contributed by atoms with E-state index in [0.717, 1.165) is 12.8 Å². The Morgan fingerprint density at radius 1 is 1.00 bits per heavy atom. The van der Waals surface area contributed by atoms with E-state index in [4.69, 9.17) is 4.74 Å². The third-order valence-electron chi connectivity index (χ3n) is 5.88. The molecular formula is C23H30N2O4S. The van der Waals surface area contributed by atoms with Crippen LogP contribution in [0.15, 0.2) is 59.5 Å². The van der Waals surface area contributed by atoms with Crippen molar-refractivity contribution in [2.24, 2.45) is 0 Å². The van der Waals surface area contributed by atoms with Gasteiger partial charge < -0.3 is 10.1 Å². The fraction of sp³-hybridized carbons (Fsp3) is 0.435.